The Bertz CT molecular complexity index is 641. The van der Waals surface area contributed by atoms with Crippen molar-refractivity contribution in [2.75, 3.05) is 0 Å². The van der Waals surface area contributed by atoms with Crippen LogP contribution in [0.3, 0.4) is 0 Å². The summed E-state index contributed by atoms with van der Waals surface area (Å²) in [4.78, 5) is 24.0. The minimum Gasteiger partial charge on any atom is -0.294 e. The Balaban J connectivity index is 2.15. The SMILES string of the molecule is Cc1ccc(C(=O)CC(=O)c2ccn(C)n2)c(C)c1. The van der Waals surface area contributed by atoms with E-state index in [0.29, 0.717) is 11.3 Å². The van der Waals surface area contributed by atoms with Crippen molar-refractivity contribution < 1.29 is 9.59 Å². The van der Waals surface area contributed by atoms with Gasteiger partial charge in [0.25, 0.3) is 0 Å². The molecule has 0 fully saturated rings. The Morgan fingerprint density at radius 3 is 2.47 bits per heavy atom. The fraction of sp³-hybridized carbons (Fsp3) is 0.267. The van der Waals surface area contributed by atoms with Gasteiger partial charge in [0.1, 0.15) is 5.69 Å². The van der Waals surface area contributed by atoms with Gasteiger partial charge in [-0.25, -0.2) is 0 Å². The minimum absolute atomic E-state index is 0.138. The lowest BCUT2D eigenvalue weighted by Crippen LogP contribution is -2.11. The van der Waals surface area contributed by atoms with E-state index in [1.165, 1.54) is 0 Å². The molecule has 0 amide bonds. The van der Waals surface area contributed by atoms with Crippen LogP contribution in [0, 0.1) is 13.8 Å². The highest BCUT2D eigenvalue weighted by atomic mass is 16.1. The maximum atomic E-state index is 12.1. The smallest absolute Gasteiger partial charge is 0.190 e. The Kier molecular flexibility index (Phi) is 3.60. The van der Waals surface area contributed by atoms with Crippen molar-refractivity contribution in [1.82, 2.24) is 9.78 Å². The number of hydrogen-bond acceptors (Lipinski definition) is 3. The van der Waals surface area contributed by atoms with Gasteiger partial charge in [-0.3, -0.25) is 14.3 Å². The number of aromatic nitrogens is 2. The maximum Gasteiger partial charge on any atom is 0.190 e. The van der Waals surface area contributed by atoms with Crippen LogP contribution in [0.25, 0.3) is 0 Å². The Morgan fingerprint density at radius 2 is 1.89 bits per heavy atom. The molecule has 1 aromatic carbocycles. The molecule has 1 heterocycles. The minimum atomic E-state index is -0.245. The van der Waals surface area contributed by atoms with Gasteiger partial charge in [-0.05, 0) is 25.5 Å². The first-order valence-electron chi connectivity index (χ1n) is 6.10. The highest BCUT2D eigenvalue weighted by Crippen LogP contribution is 2.14. The molecule has 98 valence electrons. The van der Waals surface area contributed by atoms with Crippen LogP contribution in [0.15, 0.2) is 30.5 Å². The number of carbonyl (C=O) groups is 2. The highest BCUT2D eigenvalue weighted by molar-refractivity contribution is 6.13. The highest BCUT2D eigenvalue weighted by Gasteiger charge is 2.16. The molecule has 0 saturated carbocycles. The van der Waals surface area contributed by atoms with Gasteiger partial charge in [0.15, 0.2) is 11.6 Å². The quantitative estimate of drug-likeness (QED) is 0.624. The normalized spacial score (nSPS) is 10.5. The Hall–Kier alpha value is -2.23. The number of rotatable bonds is 4. The number of hydrogen-bond donors (Lipinski definition) is 0. The van der Waals surface area contributed by atoms with Crippen molar-refractivity contribution in [3.05, 3.63) is 52.8 Å². The van der Waals surface area contributed by atoms with Gasteiger partial charge in [-0.1, -0.05) is 23.8 Å². The van der Waals surface area contributed by atoms with E-state index < -0.39 is 0 Å². The van der Waals surface area contributed by atoms with E-state index in [0.717, 1.165) is 11.1 Å². The van der Waals surface area contributed by atoms with Crippen LogP contribution >= 0.6 is 0 Å². The summed E-state index contributed by atoms with van der Waals surface area (Å²) in [7, 11) is 1.74. The first-order valence-corrected chi connectivity index (χ1v) is 6.10. The average molecular weight is 256 g/mol. The maximum absolute atomic E-state index is 12.1. The summed E-state index contributed by atoms with van der Waals surface area (Å²) in [5.74, 6) is -0.404. The van der Waals surface area contributed by atoms with E-state index >= 15 is 0 Å². The third-order valence-electron chi connectivity index (χ3n) is 3.00. The summed E-state index contributed by atoms with van der Waals surface area (Å²) in [5, 5.41) is 4.01. The molecule has 0 N–H and O–H groups in total. The zero-order chi connectivity index (χ0) is 14.0. The Morgan fingerprint density at radius 1 is 1.16 bits per heavy atom. The molecule has 4 nitrogen and oxygen atoms in total. The van der Waals surface area contributed by atoms with E-state index in [1.807, 2.05) is 26.0 Å². The van der Waals surface area contributed by atoms with Crippen molar-refractivity contribution >= 4 is 11.6 Å². The number of carbonyl (C=O) groups excluding carboxylic acids is 2. The van der Waals surface area contributed by atoms with E-state index in [1.54, 1.807) is 30.1 Å². The van der Waals surface area contributed by atoms with Gasteiger partial charge in [-0.2, -0.15) is 5.10 Å². The number of benzene rings is 1. The summed E-state index contributed by atoms with van der Waals surface area (Å²) in [6.07, 6.45) is 1.55. The van der Waals surface area contributed by atoms with Crippen molar-refractivity contribution in [3.63, 3.8) is 0 Å². The molecule has 0 aliphatic carbocycles. The molecule has 4 heteroatoms. The van der Waals surface area contributed by atoms with E-state index in [2.05, 4.69) is 5.10 Å². The van der Waals surface area contributed by atoms with Crippen LogP contribution in [-0.2, 0) is 7.05 Å². The first kappa shape index (κ1) is 13.2. The lowest BCUT2D eigenvalue weighted by Gasteiger charge is -2.05. The molecule has 2 aromatic rings. The predicted molar refractivity (Wildman–Crippen MR) is 72.4 cm³/mol. The van der Waals surface area contributed by atoms with Crippen LogP contribution in [-0.4, -0.2) is 21.3 Å². The zero-order valence-electron chi connectivity index (χ0n) is 11.3. The van der Waals surface area contributed by atoms with Crippen LogP contribution in [0.1, 0.15) is 38.4 Å². The largest absolute Gasteiger partial charge is 0.294 e. The van der Waals surface area contributed by atoms with Crippen molar-refractivity contribution in [2.45, 2.75) is 20.3 Å². The van der Waals surface area contributed by atoms with Gasteiger partial charge in [0, 0.05) is 18.8 Å². The number of aryl methyl sites for hydroxylation is 3. The standard InChI is InChI=1S/C15H16N2O2/c1-10-4-5-12(11(2)8-10)14(18)9-15(19)13-6-7-17(3)16-13/h4-8H,9H2,1-3H3. The lowest BCUT2D eigenvalue weighted by atomic mass is 9.98. The molecule has 1 aromatic heterocycles. The van der Waals surface area contributed by atoms with Crippen LogP contribution in [0.5, 0.6) is 0 Å². The summed E-state index contributed by atoms with van der Waals surface area (Å²) < 4.78 is 1.55. The molecule has 0 atom stereocenters. The van der Waals surface area contributed by atoms with Crippen molar-refractivity contribution in [2.24, 2.45) is 7.05 Å². The monoisotopic (exact) mass is 256 g/mol. The van der Waals surface area contributed by atoms with Gasteiger partial charge in [0.05, 0.1) is 6.42 Å². The van der Waals surface area contributed by atoms with E-state index in [4.69, 9.17) is 0 Å². The van der Waals surface area contributed by atoms with Crippen LogP contribution < -0.4 is 0 Å². The molecule has 0 aliphatic rings. The van der Waals surface area contributed by atoms with Crippen LogP contribution in [0.4, 0.5) is 0 Å². The number of ketones is 2. The van der Waals surface area contributed by atoms with Gasteiger partial charge in [0.2, 0.25) is 0 Å². The van der Waals surface area contributed by atoms with E-state index in [9.17, 15) is 9.59 Å². The molecule has 2 rings (SSSR count). The van der Waals surface area contributed by atoms with Gasteiger partial charge in [-0.15, -0.1) is 0 Å². The second-order valence-corrected chi connectivity index (χ2v) is 4.72. The molecular weight excluding hydrogens is 240 g/mol. The fourth-order valence-corrected chi connectivity index (χ4v) is 2.02. The average Bonchev–Trinajstić information content (AvgIpc) is 2.75. The summed E-state index contributed by atoms with van der Waals surface area (Å²) in [6, 6.07) is 7.22. The zero-order valence-corrected chi connectivity index (χ0v) is 11.3. The predicted octanol–water partition coefficient (Wildman–Crippen LogP) is 2.49. The topological polar surface area (TPSA) is 52.0 Å². The van der Waals surface area contributed by atoms with Crippen molar-refractivity contribution in [3.8, 4) is 0 Å². The molecule has 0 unspecified atom stereocenters. The molecular formula is C15H16N2O2. The Labute approximate surface area is 112 Å². The van der Waals surface area contributed by atoms with Crippen LogP contribution in [0.2, 0.25) is 0 Å². The lowest BCUT2D eigenvalue weighted by molar-refractivity contribution is 0.0891. The molecule has 0 aliphatic heterocycles. The fourth-order valence-electron chi connectivity index (χ4n) is 2.02. The molecule has 0 spiro atoms. The number of Topliss-reactive ketones (excluding diaryl/α,β-unsaturated/α-hetero) is 2. The summed E-state index contributed by atoms with van der Waals surface area (Å²) in [6.45, 7) is 3.85. The third-order valence-corrected chi connectivity index (χ3v) is 3.00. The van der Waals surface area contributed by atoms with E-state index in [-0.39, 0.29) is 18.0 Å². The molecule has 19 heavy (non-hydrogen) atoms. The third kappa shape index (κ3) is 2.96. The van der Waals surface area contributed by atoms with Gasteiger partial charge < -0.3 is 0 Å². The molecule has 0 bridgehead atoms. The first-order chi connectivity index (χ1) is 8.97. The summed E-state index contributed by atoms with van der Waals surface area (Å²) >= 11 is 0. The van der Waals surface area contributed by atoms with Gasteiger partial charge >= 0.3 is 0 Å². The summed E-state index contributed by atoms with van der Waals surface area (Å²) in [5.41, 5.74) is 2.94. The molecule has 0 saturated heterocycles. The number of nitrogens with zero attached hydrogens (tertiary/aromatic N) is 2. The second kappa shape index (κ2) is 5.18. The van der Waals surface area contributed by atoms with Crippen molar-refractivity contribution in [1.29, 1.82) is 0 Å². The molecule has 0 radical (unpaired) electrons. The second-order valence-electron chi connectivity index (χ2n) is 4.72.